The molecule has 0 spiro atoms. The minimum atomic E-state index is -0.223. The van der Waals surface area contributed by atoms with Gasteiger partial charge in [0.25, 0.3) is 5.91 Å². The lowest BCUT2D eigenvalue weighted by Gasteiger charge is -2.11. The molecule has 148 valence electrons. The first-order valence-electron chi connectivity index (χ1n) is 8.78. The normalized spacial score (nSPS) is 10.3. The Balaban J connectivity index is 1.64. The van der Waals surface area contributed by atoms with Gasteiger partial charge in [-0.15, -0.1) is 11.8 Å². The molecular weight excluding hydrogens is 452 g/mol. The molecule has 0 aromatic heterocycles. The number of rotatable bonds is 7. The van der Waals surface area contributed by atoms with Crippen molar-refractivity contribution in [3.63, 3.8) is 0 Å². The minimum absolute atomic E-state index is 0.162. The molecular formula is C22H19BrN2O3S. The van der Waals surface area contributed by atoms with Crippen molar-refractivity contribution in [1.29, 1.82) is 0 Å². The Morgan fingerprint density at radius 3 is 2.41 bits per heavy atom. The van der Waals surface area contributed by atoms with Gasteiger partial charge >= 0.3 is 0 Å². The Labute approximate surface area is 182 Å². The molecule has 0 aliphatic carbocycles. The summed E-state index contributed by atoms with van der Waals surface area (Å²) in [5, 5.41) is 5.72. The molecule has 2 N–H and O–H groups in total. The third-order valence-corrected chi connectivity index (χ3v) is 5.49. The Morgan fingerprint density at radius 1 is 0.931 bits per heavy atom. The van der Waals surface area contributed by atoms with Crippen LogP contribution in [0.3, 0.4) is 0 Å². The van der Waals surface area contributed by atoms with Gasteiger partial charge in [0, 0.05) is 26.8 Å². The molecule has 0 unspecified atom stereocenters. The van der Waals surface area contributed by atoms with E-state index < -0.39 is 0 Å². The van der Waals surface area contributed by atoms with E-state index in [1.54, 1.807) is 31.4 Å². The first-order chi connectivity index (χ1) is 14.0. The number of amides is 2. The topological polar surface area (TPSA) is 67.4 Å². The molecule has 0 saturated carbocycles. The lowest BCUT2D eigenvalue weighted by Crippen LogP contribution is -2.16. The van der Waals surface area contributed by atoms with Gasteiger partial charge in [-0.1, -0.05) is 40.2 Å². The number of nitrogens with one attached hydrogen (secondary N) is 2. The lowest BCUT2D eigenvalue weighted by atomic mass is 10.2. The quantitative estimate of drug-likeness (QED) is 0.451. The first kappa shape index (κ1) is 21.0. The third kappa shape index (κ3) is 6.10. The van der Waals surface area contributed by atoms with Gasteiger partial charge in [-0.05, 0) is 42.5 Å². The average molecular weight is 471 g/mol. The van der Waals surface area contributed by atoms with Gasteiger partial charge < -0.3 is 15.4 Å². The molecule has 0 atom stereocenters. The standard InChI is InChI=1S/C22H19BrN2O3S/c1-28-18-9-5-8-17(13-18)24-21(26)14-29-20-11-3-2-10-19(20)22(27)25-16-7-4-6-15(23)12-16/h2-13H,14H2,1H3,(H,24,26)(H,25,27). The van der Waals surface area contributed by atoms with Gasteiger partial charge in [0.1, 0.15) is 5.75 Å². The summed E-state index contributed by atoms with van der Waals surface area (Å²) >= 11 is 4.71. The van der Waals surface area contributed by atoms with Crippen LogP contribution in [0.5, 0.6) is 5.75 Å². The lowest BCUT2D eigenvalue weighted by molar-refractivity contribution is -0.113. The van der Waals surface area contributed by atoms with Gasteiger partial charge in [-0.25, -0.2) is 0 Å². The Kier molecular flexibility index (Phi) is 7.32. The summed E-state index contributed by atoms with van der Waals surface area (Å²) in [6.07, 6.45) is 0. The second-order valence-electron chi connectivity index (χ2n) is 6.03. The van der Waals surface area contributed by atoms with Crippen LogP contribution >= 0.6 is 27.7 Å². The van der Waals surface area contributed by atoms with E-state index in [0.717, 1.165) is 9.37 Å². The van der Waals surface area contributed by atoms with Crippen LogP contribution in [0.15, 0.2) is 82.2 Å². The number of ether oxygens (including phenoxy) is 1. The van der Waals surface area contributed by atoms with Crippen molar-refractivity contribution in [2.24, 2.45) is 0 Å². The van der Waals surface area contributed by atoms with E-state index in [1.807, 2.05) is 48.5 Å². The molecule has 3 aromatic rings. The summed E-state index contributed by atoms with van der Waals surface area (Å²) in [7, 11) is 1.58. The van der Waals surface area contributed by atoms with E-state index in [0.29, 0.717) is 22.7 Å². The van der Waals surface area contributed by atoms with Gasteiger partial charge in [0.15, 0.2) is 0 Å². The van der Waals surface area contributed by atoms with Crippen molar-refractivity contribution < 1.29 is 14.3 Å². The molecule has 5 nitrogen and oxygen atoms in total. The Morgan fingerprint density at radius 2 is 1.66 bits per heavy atom. The average Bonchev–Trinajstić information content (AvgIpc) is 2.72. The number of hydrogen-bond donors (Lipinski definition) is 2. The summed E-state index contributed by atoms with van der Waals surface area (Å²) in [5.74, 6) is 0.466. The highest BCUT2D eigenvalue weighted by Gasteiger charge is 2.13. The number of carbonyl (C=O) groups excluding carboxylic acids is 2. The van der Waals surface area contributed by atoms with Gasteiger partial charge in [-0.2, -0.15) is 0 Å². The van der Waals surface area contributed by atoms with Crippen LogP contribution in [0.25, 0.3) is 0 Å². The summed E-state index contributed by atoms with van der Waals surface area (Å²) in [6, 6.07) is 21.8. The Hall–Kier alpha value is -2.77. The molecule has 2 amide bonds. The highest BCUT2D eigenvalue weighted by Crippen LogP contribution is 2.25. The molecule has 0 heterocycles. The third-order valence-electron chi connectivity index (χ3n) is 3.93. The maximum Gasteiger partial charge on any atom is 0.256 e. The number of anilines is 2. The van der Waals surface area contributed by atoms with Crippen LogP contribution < -0.4 is 15.4 Å². The van der Waals surface area contributed by atoms with Crippen LogP contribution in [-0.4, -0.2) is 24.7 Å². The SMILES string of the molecule is COc1cccc(NC(=O)CSc2ccccc2C(=O)Nc2cccc(Br)c2)c1. The van der Waals surface area contributed by atoms with E-state index in [-0.39, 0.29) is 17.6 Å². The van der Waals surface area contributed by atoms with Crippen molar-refractivity contribution in [3.05, 3.63) is 82.8 Å². The van der Waals surface area contributed by atoms with Crippen LogP contribution in [0.1, 0.15) is 10.4 Å². The van der Waals surface area contributed by atoms with E-state index in [9.17, 15) is 9.59 Å². The number of halogens is 1. The predicted octanol–water partition coefficient (Wildman–Crippen LogP) is 5.44. The number of hydrogen-bond acceptors (Lipinski definition) is 4. The molecule has 7 heteroatoms. The van der Waals surface area contributed by atoms with Crippen molar-refractivity contribution in [2.75, 3.05) is 23.5 Å². The number of methoxy groups -OCH3 is 1. The fraction of sp³-hybridized carbons (Fsp3) is 0.0909. The fourth-order valence-corrected chi connectivity index (χ4v) is 3.83. The second kappa shape index (κ2) is 10.1. The van der Waals surface area contributed by atoms with E-state index >= 15 is 0 Å². The molecule has 0 aliphatic rings. The van der Waals surface area contributed by atoms with Gasteiger partial charge in [-0.3, -0.25) is 9.59 Å². The summed E-state index contributed by atoms with van der Waals surface area (Å²) in [5.41, 5.74) is 1.88. The molecule has 0 saturated heterocycles. The fourth-order valence-electron chi connectivity index (χ4n) is 2.59. The van der Waals surface area contributed by atoms with Gasteiger partial charge in [0.2, 0.25) is 5.91 Å². The van der Waals surface area contributed by atoms with Crippen molar-refractivity contribution >= 4 is 50.9 Å². The smallest absolute Gasteiger partial charge is 0.256 e. The highest BCUT2D eigenvalue weighted by atomic mass is 79.9. The maximum atomic E-state index is 12.7. The zero-order chi connectivity index (χ0) is 20.6. The number of benzene rings is 3. The molecule has 0 fully saturated rings. The molecule has 3 rings (SSSR count). The van der Waals surface area contributed by atoms with Crippen molar-refractivity contribution in [1.82, 2.24) is 0 Å². The zero-order valence-electron chi connectivity index (χ0n) is 15.6. The summed E-state index contributed by atoms with van der Waals surface area (Å²) < 4.78 is 6.04. The Bertz CT molecular complexity index is 1030. The molecule has 29 heavy (non-hydrogen) atoms. The minimum Gasteiger partial charge on any atom is -0.497 e. The monoisotopic (exact) mass is 470 g/mol. The van der Waals surface area contributed by atoms with Gasteiger partial charge in [0.05, 0.1) is 18.4 Å². The molecule has 3 aromatic carbocycles. The van der Waals surface area contributed by atoms with Crippen molar-refractivity contribution in [2.45, 2.75) is 4.90 Å². The second-order valence-corrected chi connectivity index (χ2v) is 7.96. The highest BCUT2D eigenvalue weighted by molar-refractivity contribution is 9.10. The number of thioether (sulfide) groups is 1. The predicted molar refractivity (Wildman–Crippen MR) is 121 cm³/mol. The van der Waals surface area contributed by atoms with Crippen LogP contribution in [0.2, 0.25) is 0 Å². The van der Waals surface area contributed by atoms with Crippen LogP contribution in [0, 0.1) is 0 Å². The van der Waals surface area contributed by atoms with E-state index in [1.165, 1.54) is 11.8 Å². The van der Waals surface area contributed by atoms with Crippen LogP contribution in [-0.2, 0) is 4.79 Å². The largest absolute Gasteiger partial charge is 0.497 e. The maximum absolute atomic E-state index is 12.7. The molecule has 0 aliphatic heterocycles. The van der Waals surface area contributed by atoms with E-state index in [4.69, 9.17) is 4.74 Å². The molecule has 0 radical (unpaired) electrons. The van der Waals surface area contributed by atoms with Crippen molar-refractivity contribution in [3.8, 4) is 5.75 Å². The van der Waals surface area contributed by atoms with Crippen LogP contribution in [0.4, 0.5) is 11.4 Å². The zero-order valence-corrected chi connectivity index (χ0v) is 18.0. The first-order valence-corrected chi connectivity index (χ1v) is 10.6. The number of carbonyl (C=O) groups is 2. The van der Waals surface area contributed by atoms with E-state index in [2.05, 4.69) is 26.6 Å². The summed E-state index contributed by atoms with van der Waals surface area (Å²) in [4.78, 5) is 25.8. The molecule has 0 bridgehead atoms. The summed E-state index contributed by atoms with van der Waals surface area (Å²) in [6.45, 7) is 0.